The molecule has 24 heavy (non-hydrogen) atoms. The minimum Gasteiger partial charge on any atom is -0.342 e. The summed E-state index contributed by atoms with van der Waals surface area (Å²) in [5.41, 5.74) is 0.948. The predicted octanol–water partition coefficient (Wildman–Crippen LogP) is 2.27. The number of nitrogens with zero attached hydrogens (tertiary/aromatic N) is 3. The second-order valence-electron chi connectivity index (χ2n) is 5.72. The molecule has 0 atom stereocenters. The number of para-hydroxylation sites is 1. The Hall–Kier alpha value is -2.34. The summed E-state index contributed by atoms with van der Waals surface area (Å²) < 4.78 is 1.55. The molecule has 0 spiro atoms. The van der Waals surface area contributed by atoms with Crippen molar-refractivity contribution in [2.45, 2.75) is 19.3 Å². The Morgan fingerprint density at radius 3 is 2.62 bits per heavy atom. The summed E-state index contributed by atoms with van der Waals surface area (Å²) >= 11 is 6.12. The van der Waals surface area contributed by atoms with E-state index in [0.717, 1.165) is 32.4 Å². The van der Waals surface area contributed by atoms with Crippen molar-refractivity contribution in [2.75, 3.05) is 19.6 Å². The number of likely N-dealkylation sites (tertiary alicyclic amines) is 1. The number of benzene rings is 1. The Morgan fingerprint density at radius 2 is 1.88 bits per heavy atom. The van der Waals surface area contributed by atoms with E-state index in [1.807, 2.05) is 18.2 Å². The molecule has 126 valence electrons. The van der Waals surface area contributed by atoms with E-state index in [1.165, 1.54) is 0 Å². The number of aromatic nitrogens is 2. The maximum absolute atomic E-state index is 12.2. The number of carbonyl (C=O) groups excluding carboxylic acids is 2. The van der Waals surface area contributed by atoms with Crippen LogP contribution >= 0.6 is 11.6 Å². The van der Waals surface area contributed by atoms with E-state index in [1.54, 1.807) is 27.9 Å². The lowest BCUT2D eigenvalue weighted by Crippen LogP contribution is -2.42. The van der Waals surface area contributed by atoms with E-state index >= 15 is 0 Å². The van der Waals surface area contributed by atoms with Gasteiger partial charge < -0.3 is 10.2 Å². The molecular formula is C17H19ClN4O2. The van der Waals surface area contributed by atoms with Gasteiger partial charge in [-0.3, -0.25) is 9.59 Å². The molecule has 7 heteroatoms. The Balaban J connectivity index is 1.60. The van der Waals surface area contributed by atoms with Gasteiger partial charge in [0.1, 0.15) is 0 Å². The molecule has 2 heterocycles. The normalized spacial score (nSPS) is 14.5. The number of piperidine rings is 1. The smallest absolute Gasteiger partial charge is 0.272 e. The van der Waals surface area contributed by atoms with Crippen molar-refractivity contribution in [3.8, 4) is 5.69 Å². The van der Waals surface area contributed by atoms with Crippen LogP contribution in [0.25, 0.3) is 5.69 Å². The van der Waals surface area contributed by atoms with Gasteiger partial charge in [-0.25, -0.2) is 4.68 Å². The van der Waals surface area contributed by atoms with E-state index in [2.05, 4.69) is 10.4 Å². The summed E-state index contributed by atoms with van der Waals surface area (Å²) in [5.74, 6) is -0.417. The van der Waals surface area contributed by atoms with Crippen LogP contribution in [-0.4, -0.2) is 46.1 Å². The molecule has 0 saturated carbocycles. The van der Waals surface area contributed by atoms with Crippen molar-refractivity contribution in [3.05, 3.63) is 47.2 Å². The van der Waals surface area contributed by atoms with Gasteiger partial charge in [0.05, 0.1) is 17.3 Å². The van der Waals surface area contributed by atoms with Gasteiger partial charge in [0.15, 0.2) is 5.69 Å². The summed E-state index contributed by atoms with van der Waals surface area (Å²) in [4.78, 5) is 26.0. The van der Waals surface area contributed by atoms with Crippen LogP contribution in [0.15, 0.2) is 36.5 Å². The zero-order chi connectivity index (χ0) is 16.9. The molecule has 1 aliphatic heterocycles. The molecule has 0 unspecified atom stereocenters. The molecule has 1 saturated heterocycles. The molecule has 1 aromatic carbocycles. The molecule has 1 N–H and O–H groups in total. The molecule has 3 rings (SSSR count). The van der Waals surface area contributed by atoms with Crippen LogP contribution in [0.1, 0.15) is 29.8 Å². The quantitative estimate of drug-likeness (QED) is 0.923. The first kappa shape index (κ1) is 16.5. The second kappa shape index (κ2) is 7.49. The highest BCUT2D eigenvalue weighted by atomic mass is 35.5. The first-order valence-corrected chi connectivity index (χ1v) is 8.39. The van der Waals surface area contributed by atoms with Crippen molar-refractivity contribution in [1.82, 2.24) is 20.0 Å². The molecule has 0 bridgehead atoms. The number of rotatable bonds is 4. The molecule has 2 aromatic rings. The van der Waals surface area contributed by atoms with E-state index in [9.17, 15) is 9.59 Å². The van der Waals surface area contributed by atoms with Gasteiger partial charge in [-0.1, -0.05) is 23.7 Å². The van der Waals surface area contributed by atoms with Crippen LogP contribution in [0.3, 0.4) is 0 Å². The number of carbonyl (C=O) groups is 2. The predicted molar refractivity (Wildman–Crippen MR) is 91.3 cm³/mol. The van der Waals surface area contributed by atoms with E-state index in [4.69, 9.17) is 11.6 Å². The van der Waals surface area contributed by atoms with Crippen LogP contribution in [0, 0.1) is 0 Å². The van der Waals surface area contributed by atoms with Crippen LogP contribution in [0.4, 0.5) is 0 Å². The lowest BCUT2D eigenvalue weighted by atomic mass is 10.1. The van der Waals surface area contributed by atoms with Crippen molar-refractivity contribution in [3.63, 3.8) is 0 Å². The van der Waals surface area contributed by atoms with Gasteiger partial charge >= 0.3 is 0 Å². The molecule has 6 nitrogen and oxygen atoms in total. The maximum atomic E-state index is 12.2. The maximum Gasteiger partial charge on any atom is 0.272 e. The number of hydrogen-bond acceptors (Lipinski definition) is 3. The zero-order valence-electron chi connectivity index (χ0n) is 13.2. The molecule has 1 fully saturated rings. The summed E-state index contributed by atoms with van der Waals surface area (Å²) in [7, 11) is 0. The third-order valence-corrected chi connectivity index (χ3v) is 4.35. The van der Waals surface area contributed by atoms with Crippen LogP contribution in [-0.2, 0) is 4.79 Å². The van der Waals surface area contributed by atoms with Crippen molar-refractivity contribution < 1.29 is 9.59 Å². The summed E-state index contributed by atoms with van der Waals surface area (Å²) in [5, 5.41) is 7.41. The SMILES string of the molecule is O=C(NCC(=O)N1CCCCC1)c1ccn(-c2ccccc2Cl)n1. The fourth-order valence-electron chi connectivity index (χ4n) is 2.72. The molecule has 0 radical (unpaired) electrons. The monoisotopic (exact) mass is 346 g/mol. The highest BCUT2D eigenvalue weighted by Crippen LogP contribution is 2.19. The first-order chi connectivity index (χ1) is 11.6. The Labute approximate surface area is 145 Å². The topological polar surface area (TPSA) is 67.2 Å². The van der Waals surface area contributed by atoms with Gasteiger partial charge in [0.2, 0.25) is 5.91 Å². The van der Waals surface area contributed by atoms with Crippen LogP contribution in [0.5, 0.6) is 0 Å². The Morgan fingerprint density at radius 1 is 1.12 bits per heavy atom. The summed E-state index contributed by atoms with van der Waals surface area (Å²) in [6.07, 6.45) is 4.89. The van der Waals surface area contributed by atoms with E-state index < -0.39 is 0 Å². The number of hydrogen-bond donors (Lipinski definition) is 1. The van der Waals surface area contributed by atoms with Gasteiger partial charge in [-0.05, 0) is 37.5 Å². The van der Waals surface area contributed by atoms with Crippen LogP contribution in [0.2, 0.25) is 5.02 Å². The van der Waals surface area contributed by atoms with Crippen molar-refractivity contribution in [2.24, 2.45) is 0 Å². The molecule has 1 aromatic heterocycles. The van der Waals surface area contributed by atoms with Crippen molar-refractivity contribution >= 4 is 23.4 Å². The standard InChI is InChI=1S/C17H19ClN4O2/c18-13-6-2-3-7-15(13)22-11-8-14(20-22)17(24)19-12-16(23)21-9-4-1-5-10-21/h2-3,6-8,11H,1,4-5,9-10,12H2,(H,19,24). The fraction of sp³-hybridized carbons (Fsp3) is 0.353. The van der Waals surface area contributed by atoms with Gasteiger partial charge in [0, 0.05) is 19.3 Å². The molecule has 0 aliphatic carbocycles. The number of halogens is 1. The highest BCUT2D eigenvalue weighted by molar-refractivity contribution is 6.32. The minimum absolute atomic E-state index is 0.00220. The fourth-order valence-corrected chi connectivity index (χ4v) is 2.94. The number of nitrogens with one attached hydrogen (secondary N) is 1. The minimum atomic E-state index is -0.369. The molecule has 2 amide bonds. The lowest BCUT2D eigenvalue weighted by molar-refractivity contribution is -0.130. The van der Waals surface area contributed by atoms with Gasteiger partial charge in [0.25, 0.3) is 5.91 Å². The number of amides is 2. The zero-order valence-corrected chi connectivity index (χ0v) is 14.0. The third kappa shape index (κ3) is 3.76. The molecular weight excluding hydrogens is 328 g/mol. The van der Waals surface area contributed by atoms with E-state index in [0.29, 0.717) is 10.7 Å². The average molecular weight is 347 g/mol. The Bertz CT molecular complexity index is 738. The molecule has 1 aliphatic rings. The van der Waals surface area contributed by atoms with Gasteiger partial charge in [-0.15, -0.1) is 0 Å². The highest BCUT2D eigenvalue weighted by Gasteiger charge is 2.18. The Kier molecular flexibility index (Phi) is 5.15. The van der Waals surface area contributed by atoms with Crippen LogP contribution < -0.4 is 5.32 Å². The average Bonchev–Trinajstić information content (AvgIpc) is 3.10. The van der Waals surface area contributed by atoms with E-state index in [-0.39, 0.29) is 24.1 Å². The van der Waals surface area contributed by atoms with Gasteiger partial charge in [-0.2, -0.15) is 5.10 Å². The van der Waals surface area contributed by atoms with Crippen molar-refractivity contribution in [1.29, 1.82) is 0 Å². The first-order valence-electron chi connectivity index (χ1n) is 8.02. The largest absolute Gasteiger partial charge is 0.342 e. The summed E-state index contributed by atoms with van der Waals surface area (Å²) in [6.45, 7) is 1.55. The third-order valence-electron chi connectivity index (χ3n) is 4.03. The second-order valence-corrected chi connectivity index (χ2v) is 6.13. The summed E-state index contributed by atoms with van der Waals surface area (Å²) in [6, 6.07) is 8.85. The lowest BCUT2D eigenvalue weighted by Gasteiger charge is -2.26.